The normalized spacial score (nSPS) is 10.1. The Morgan fingerprint density at radius 3 is 2.46 bits per heavy atom. The number of rotatable bonds is 8. The predicted molar refractivity (Wildman–Crippen MR) is 93.2 cm³/mol. The number of amides is 1. The van der Waals surface area contributed by atoms with Gasteiger partial charge in [0.2, 0.25) is 0 Å². The summed E-state index contributed by atoms with van der Waals surface area (Å²) in [5, 5.41) is 2.83. The number of hydrogen-bond acceptors (Lipinski definition) is 4. The number of methoxy groups -OCH3 is 1. The zero-order valence-corrected chi connectivity index (χ0v) is 14.3. The van der Waals surface area contributed by atoms with E-state index >= 15 is 0 Å². The molecule has 0 aromatic heterocycles. The van der Waals surface area contributed by atoms with Crippen molar-refractivity contribution in [3.63, 3.8) is 0 Å². The molecule has 0 saturated carbocycles. The fraction of sp³-hybridized carbons (Fsp3) is 0.316. The fourth-order valence-electron chi connectivity index (χ4n) is 2.16. The molecule has 0 spiro atoms. The van der Waals surface area contributed by atoms with E-state index in [1.165, 1.54) is 5.56 Å². The van der Waals surface area contributed by atoms with E-state index in [1.54, 1.807) is 25.3 Å². The van der Waals surface area contributed by atoms with Gasteiger partial charge in [-0.15, -0.1) is 0 Å². The van der Waals surface area contributed by atoms with Crippen LogP contribution in [0.2, 0.25) is 0 Å². The minimum atomic E-state index is -0.175. The average molecular weight is 329 g/mol. The second-order valence-corrected chi connectivity index (χ2v) is 5.22. The first-order valence-electron chi connectivity index (χ1n) is 7.92. The van der Waals surface area contributed by atoms with Crippen molar-refractivity contribution in [1.29, 1.82) is 0 Å². The van der Waals surface area contributed by atoms with E-state index in [9.17, 15) is 4.79 Å². The number of carbonyl (C=O) groups excluding carboxylic acids is 1. The second-order valence-electron chi connectivity index (χ2n) is 5.22. The Kier molecular flexibility index (Phi) is 6.49. The molecule has 0 atom stereocenters. The van der Waals surface area contributed by atoms with E-state index in [2.05, 4.69) is 5.32 Å². The summed E-state index contributed by atoms with van der Waals surface area (Å²) in [7, 11) is 1.57. The molecule has 2 aromatic rings. The van der Waals surface area contributed by atoms with Gasteiger partial charge in [0.25, 0.3) is 5.91 Å². The van der Waals surface area contributed by atoms with Gasteiger partial charge in [-0.3, -0.25) is 4.79 Å². The van der Waals surface area contributed by atoms with Crippen LogP contribution in [0.15, 0.2) is 42.5 Å². The zero-order valence-electron chi connectivity index (χ0n) is 14.3. The molecule has 2 aromatic carbocycles. The Bertz CT molecular complexity index is 668. The van der Waals surface area contributed by atoms with Crippen LogP contribution in [0.1, 0.15) is 22.8 Å². The number of aryl methyl sites for hydroxylation is 1. The Hall–Kier alpha value is -2.69. The van der Waals surface area contributed by atoms with E-state index in [0.29, 0.717) is 36.8 Å². The Morgan fingerprint density at radius 1 is 1.04 bits per heavy atom. The molecule has 0 aliphatic rings. The maximum atomic E-state index is 12.2. The average Bonchev–Trinajstić information content (AvgIpc) is 2.60. The van der Waals surface area contributed by atoms with Gasteiger partial charge >= 0.3 is 0 Å². The summed E-state index contributed by atoms with van der Waals surface area (Å²) in [5.41, 5.74) is 1.70. The van der Waals surface area contributed by atoms with Crippen molar-refractivity contribution >= 4 is 5.91 Å². The third-order valence-corrected chi connectivity index (χ3v) is 3.40. The molecule has 0 fully saturated rings. The fourth-order valence-corrected chi connectivity index (χ4v) is 2.16. The maximum absolute atomic E-state index is 12.2. The molecule has 1 N–H and O–H groups in total. The lowest BCUT2D eigenvalue weighted by atomic mass is 10.2. The van der Waals surface area contributed by atoms with Crippen LogP contribution in [0.4, 0.5) is 0 Å². The van der Waals surface area contributed by atoms with Crippen molar-refractivity contribution in [1.82, 2.24) is 5.32 Å². The SMILES string of the molecule is CCOc1cc(C(=O)NCCOc2ccc(C)cc2)ccc1OC. The number of benzene rings is 2. The predicted octanol–water partition coefficient (Wildman–Crippen LogP) is 3.21. The molecule has 1 amide bonds. The summed E-state index contributed by atoms with van der Waals surface area (Å²) in [6.07, 6.45) is 0. The molecule has 0 bridgehead atoms. The van der Waals surface area contributed by atoms with Crippen molar-refractivity contribution in [2.45, 2.75) is 13.8 Å². The van der Waals surface area contributed by atoms with Gasteiger partial charge in [0, 0.05) is 5.56 Å². The molecule has 128 valence electrons. The molecule has 5 nitrogen and oxygen atoms in total. The van der Waals surface area contributed by atoms with Crippen LogP contribution in [-0.4, -0.2) is 32.8 Å². The largest absolute Gasteiger partial charge is 0.493 e. The summed E-state index contributed by atoms with van der Waals surface area (Å²) >= 11 is 0. The van der Waals surface area contributed by atoms with Crippen LogP contribution < -0.4 is 19.5 Å². The van der Waals surface area contributed by atoms with Crippen molar-refractivity contribution in [2.24, 2.45) is 0 Å². The number of carbonyl (C=O) groups is 1. The van der Waals surface area contributed by atoms with Crippen molar-refractivity contribution in [2.75, 3.05) is 26.9 Å². The third-order valence-electron chi connectivity index (χ3n) is 3.40. The van der Waals surface area contributed by atoms with Gasteiger partial charge in [-0.05, 0) is 44.2 Å². The van der Waals surface area contributed by atoms with Crippen LogP contribution in [0, 0.1) is 6.92 Å². The molecule has 5 heteroatoms. The number of hydrogen-bond donors (Lipinski definition) is 1. The van der Waals surface area contributed by atoms with Gasteiger partial charge in [-0.25, -0.2) is 0 Å². The lowest BCUT2D eigenvalue weighted by Crippen LogP contribution is -2.28. The number of nitrogens with one attached hydrogen (secondary N) is 1. The first kappa shape index (κ1) is 17.7. The summed E-state index contributed by atoms with van der Waals surface area (Å²) < 4.78 is 16.3. The van der Waals surface area contributed by atoms with E-state index in [1.807, 2.05) is 38.1 Å². The van der Waals surface area contributed by atoms with Crippen LogP contribution in [-0.2, 0) is 0 Å². The summed E-state index contributed by atoms with van der Waals surface area (Å²) in [5.74, 6) is 1.78. The standard InChI is InChI=1S/C19H23NO4/c1-4-23-18-13-15(7-10-17(18)22-3)19(21)20-11-12-24-16-8-5-14(2)6-9-16/h5-10,13H,4,11-12H2,1-3H3,(H,20,21). The van der Waals surface area contributed by atoms with E-state index in [4.69, 9.17) is 14.2 Å². The lowest BCUT2D eigenvalue weighted by Gasteiger charge is -2.11. The van der Waals surface area contributed by atoms with Gasteiger partial charge in [0.15, 0.2) is 11.5 Å². The molecular weight excluding hydrogens is 306 g/mol. The highest BCUT2D eigenvalue weighted by Gasteiger charge is 2.10. The summed E-state index contributed by atoms with van der Waals surface area (Å²) in [6, 6.07) is 12.9. The molecule has 0 heterocycles. The smallest absolute Gasteiger partial charge is 0.251 e. The van der Waals surface area contributed by atoms with Crippen molar-refractivity contribution in [3.8, 4) is 17.2 Å². The maximum Gasteiger partial charge on any atom is 0.251 e. The van der Waals surface area contributed by atoms with Gasteiger partial charge < -0.3 is 19.5 Å². The highest BCUT2D eigenvalue weighted by molar-refractivity contribution is 5.94. The Labute approximate surface area is 142 Å². The molecule has 0 radical (unpaired) electrons. The molecule has 0 unspecified atom stereocenters. The lowest BCUT2D eigenvalue weighted by molar-refractivity contribution is 0.0946. The van der Waals surface area contributed by atoms with Crippen molar-refractivity contribution in [3.05, 3.63) is 53.6 Å². The molecule has 0 aliphatic carbocycles. The highest BCUT2D eigenvalue weighted by atomic mass is 16.5. The zero-order chi connectivity index (χ0) is 17.4. The molecule has 0 aliphatic heterocycles. The molecule has 2 rings (SSSR count). The first-order chi connectivity index (χ1) is 11.6. The molecular formula is C19H23NO4. The van der Waals surface area contributed by atoms with E-state index in [-0.39, 0.29) is 5.91 Å². The van der Waals surface area contributed by atoms with Gasteiger partial charge in [-0.2, -0.15) is 0 Å². The minimum Gasteiger partial charge on any atom is -0.493 e. The summed E-state index contributed by atoms with van der Waals surface area (Å²) in [6.45, 7) is 5.24. The highest BCUT2D eigenvalue weighted by Crippen LogP contribution is 2.27. The van der Waals surface area contributed by atoms with Crippen LogP contribution in [0.25, 0.3) is 0 Å². The van der Waals surface area contributed by atoms with Crippen LogP contribution >= 0.6 is 0 Å². The third kappa shape index (κ3) is 4.91. The van der Waals surface area contributed by atoms with E-state index < -0.39 is 0 Å². The topological polar surface area (TPSA) is 56.8 Å². The van der Waals surface area contributed by atoms with Gasteiger partial charge in [0.1, 0.15) is 12.4 Å². The second kappa shape index (κ2) is 8.82. The van der Waals surface area contributed by atoms with E-state index in [0.717, 1.165) is 5.75 Å². The molecule has 24 heavy (non-hydrogen) atoms. The van der Waals surface area contributed by atoms with Crippen LogP contribution in [0.3, 0.4) is 0 Å². The van der Waals surface area contributed by atoms with Crippen molar-refractivity contribution < 1.29 is 19.0 Å². The number of ether oxygens (including phenoxy) is 3. The van der Waals surface area contributed by atoms with Gasteiger partial charge in [0.05, 0.1) is 20.3 Å². The van der Waals surface area contributed by atoms with Crippen LogP contribution in [0.5, 0.6) is 17.2 Å². The Morgan fingerprint density at radius 2 is 1.79 bits per heavy atom. The molecule has 0 saturated heterocycles. The quantitative estimate of drug-likeness (QED) is 0.756. The Balaban J connectivity index is 1.85. The minimum absolute atomic E-state index is 0.175. The van der Waals surface area contributed by atoms with Gasteiger partial charge in [-0.1, -0.05) is 17.7 Å². The monoisotopic (exact) mass is 329 g/mol. The summed E-state index contributed by atoms with van der Waals surface area (Å²) in [4.78, 5) is 12.2. The first-order valence-corrected chi connectivity index (χ1v) is 7.92.